The summed E-state index contributed by atoms with van der Waals surface area (Å²) in [5.41, 5.74) is 2.66. The molecule has 2 atom stereocenters. The molecule has 6 heteroatoms. The van der Waals surface area contributed by atoms with Gasteiger partial charge in [0.25, 0.3) is 0 Å². The van der Waals surface area contributed by atoms with Crippen LogP contribution in [0.5, 0.6) is 11.6 Å². The lowest BCUT2D eigenvalue weighted by Gasteiger charge is -2.12. The second kappa shape index (κ2) is 9.27. The van der Waals surface area contributed by atoms with Crippen LogP contribution in [0.4, 0.5) is 11.5 Å². The maximum atomic E-state index is 5.83. The molecule has 0 amide bonds. The van der Waals surface area contributed by atoms with Crippen molar-refractivity contribution in [1.82, 2.24) is 20.3 Å². The summed E-state index contributed by atoms with van der Waals surface area (Å²) in [4.78, 5) is 13.0. The molecule has 0 radical (unpaired) electrons. The Morgan fingerprint density at radius 2 is 1.97 bits per heavy atom. The topological polar surface area (TPSA) is 72.0 Å². The highest BCUT2D eigenvalue weighted by molar-refractivity contribution is 5.91. The molecule has 1 aliphatic heterocycles. The summed E-state index contributed by atoms with van der Waals surface area (Å²) in [6, 6.07) is 20.1. The Kier molecular flexibility index (Phi) is 5.88. The molecule has 2 aliphatic rings. The number of hydrogen-bond acceptors (Lipinski definition) is 6. The molecule has 6 rings (SSSR count). The maximum absolute atomic E-state index is 5.83. The summed E-state index contributed by atoms with van der Waals surface area (Å²) in [6.45, 7) is 3.27. The molecule has 4 aromatic rings. The van der Waals surface area contributed by atoms with Gasteiger partial charge in [-0.1, -0.05) is 18.2 Å². The Labute approximate surface area is 193 Å². The Morgan fingerprint density at radius 1 is 1.09 bits per heavy atom. The van der Waals surface area contributed by atoms with Crippen LogP contribution in [-0.4, -0.2) is 27.5 Å². The number of fused-ring (bicyclic) bond motifs is 2. The van der Waals surface area contributed by atoms with Gasteiger partial charge in [0, 0.05) is 29.4 Å². The number of aromatic nitrogens is 3. The molecule has 2 unspecified atom stereocenters. The molecule has 1 aliphatic carbocycles. The van der Waals surface area contributed by atoms with Gasteiger partial charge in [-0.05, 0) is 80.1 Å². The van der Waals surface area contributed by atoms with Gasteiger partial charge in [0.05, 0.1) is 5.52 Å². The van der Waals surface area contributed by atoms with E-state index in [9.17, 15) is 0 Å². The van der Waals surface area contributed by atoms with Crippen LogP contribution in [0.3, 0.4) is 0 Å². The first-order valence-electron chi connectivity index (χ1n) is 11.1. The minimum absolute atomic E-state index is 0.350. The summed E-state index contributed by atoms with van der Waals surface area (Å²) in [6.07, 6.45) is 10.1. The highest BCUT2D eigenvalue weighted by Gasteiger charge is 2.40. The lowest BCUT2D eigenvalue weighted by atomic mass is 10.2. The van der Waals surface area contributed by atoms with Crippen molar-refractivity contribution in [2.45, 2.75) is 25.8 Å². The van der Waals surface area contributed by atoms with E-state index in [4.69, 9.17) is 11.2 Å². The van der Waals surface area contributed by atoms with Gasteiger partial charge in [0.15, 0.2) is 0 Å². The van der Waals surface area contributed by atoms with Crippen LogP contribution in [0, 0.1) is 25.2 Å². The average Bonchev–Trinajstić information content (AvgIpc) is 3.45. The fourth-order valence-corrected chi connectivity index (χ4v) is 4.01. The van der Waals surface area contributed by atoms with Gasteiger partial charge in [-0.25, -0.2) is 15.0 Å². The molecule has 1 saturated heterocycles. The molecule has 0 bridgehead atoms. The zero-order chi connectivity index (χ0) is 22.6. The largest absolute Gasteiger partial charge is 0.439 e. The molecule has 0 spiro atoms. The van der Waals surface area contributed by atoms with Crippen LogP contribution in [0.2, 0.25) is 0 Å². The summed E-state index contributed by atoms with van der Waals surface area (Å²) in [7, 11) is 0. The first-order valence-corrected chi connectivity index (χ1v) is 11.1. The van der Waals surface area contributed by atoms with E-state index in [1.807, 2.05) is 67.6 Å². The van der Waals surface area contributed by atoms with E-state index >= 15 is 0 Å². The van der Waals surface area contributed by atoms with E-state index in [2.05, 4.69) is 31.5 Å². The Hall–Kier alpha value is -3.95. The van der Waals surface area contributed by atoms with Gasteiger partial charge in [-0.2, -0.15) is 0 Å². The highest BCUT2D eigenvalue weighted by atomic mass is 16.5. The summed E-state index contributed by atoms with van der Waals surface area (Å²) in [5.74, 6) is 5.93. The number of anilines is 2. The van der Waals surface area contributed by atoms with Crippen molar-refractivity contribution in [2.75, 3.05) is 11.9 Å². The second-order valence-electron chi connectivity index (χ2n) is 8.28. The Balaban J connectivity index is 0.000000324. The first kappa shape index (κ1) is 20.9. The van der Waals surface area contributed by atoms with E-state index in [-0.39, 0.29) is 0 Å². The molecule has 2 fully saturated rings. The Bertz CT molecular complexity index is 1310. The van der Waals surface area contributed by atoms with Gasteiger partial charge in [-0.3, -0.25) is 0 Å². The lowest BCUT2D eigenvalue weighted by molar-refractivity contribution is 0.459. The van der Waals surface area contributed by atoms with Crippen molar-refractivity contribution in [2.24, 2.45) is 5.92 Å². The molecule has 1 saturated carbocycles. The van der Waals surface area contributed by atoms with Crippen LogP contribution in [-0.2, 0) is 0 Å². The first-order chi connectivity index (χ1) is 16.2. The van der Waals surface area contributed by atoms with Gasteiger partial charge < -0.3 is 15.4 Å². The predicted molar refractivity (Wildman–Crippen MR) is 131 cm³/mol. The Morgan fingerprint density at radius 3 is 2.64 bits per heavy atom. The number of ether oxygens (including phenoxy) is 1. The summed E-state index contributed by atoms with van der Waals surface area (Å²) >= 11 is 0. The fraction of sp³-hybridized carbons (Fsp3) is 0.222. The van der Waals surface area contributed by atoms with Crippen LogP contribution in [0.15, 0.2) is 66.9 Å². The van der Waals surface area contributed by atoms with E-state index < -0.39 is 0 Å². The number of nitrogens with zero attached hydrogens (tertiary/aromatic N) is 3. The molecule has 2 aromatic heterocycles. The smallest absolute Gasteiger partial charge is 0.219 e. The third-order valence-electron chi connectivity index (χ3n) is 5.87. The minimum Gasteiger partial charge on any atom is -0.439 e. The predicted octanol–water partition coefficient (Wildman–Crippen LogP) is 5.22. The van der Waals surface area contributed by atoms with Gasteiger partial charge in [-0.15, -0.1) is 6.42 Å². The average molecular weight is 436 g/mol. The molecule has 164 valence electrons. The molecule has 3 heterocycles. The fourth-order valence-electron chi connectivity index (χ4n) is 4.01. The zero-order valence-electron chi connectivity index (χ0n) is 18.5. The molecule has 2 aromatic carbocycles. The number of benzene rings is 2. The molecule has 2 N–H and O–H groups in total. The van der Waals surface area contributed by atoms with Crippen LogP contribution in [0.1, 0.15) is 24.2 Å². The highest BCUT2D eigenvalue weighted by Crippen LogP contribution is 2.37. The number of aryl methyl sites for hydroxylation is 1. The van der Waals surface area contributed by atoms with E-state index in [0.717, 1.165) is 39.9 Å². The minimum atomic E-state index is 0.350. The summed E-state index contributed by atoms with van der Waals surface area (Å²) in [5, 5.41) is 7.63. The molecule has 6 nitrogen and oxygen atoms in total. The van der Waals surface area contributed by atoms with E-state index in [1.165, 1.54) is 19.4 Å². The van der Waals surface area contributed by atoms with Crippen molar-refractivity contribution in [1.29, 1.82) is 0 Å². The number of terminal acetylenes is 1. The van der Waals surface area contributed by atoms with Crippen LogP contribution >= 0.6 is 0 Å². The molecular formula is C27H25N5O. The maximum Gasteiger partial charge on any atom is 0.219 e. The van der Waals surface area contributed by atoms with E-state index in [0.29, 0.717) is 17.5 Å². The number of para-hydroxylation sites is 1. The van der Waals surface area contributed by atoms with Gasteiger partial charge in [0.1, 0.15) is 11.6 Å². The number of piperidine rings is 1. The summed E-state index contributed by atoms with van der Waals surface area (Å²) < 4.78 is 5.83. The van der Waals surface area contributed by atoms with Crippen molar-refractivity contribution in [3.05, 3.63) is 78.2 Å². The third-order valence-corrected chi connectivity index (χ3v) is 5.87. The quantitative estimate of drug-likeness (QED) is 0.428. The standard InChI is InChI=1S/C22H16N4O.C5H9N/c1-3-20-25-18-9-5-4-8-17(18)22(26-20)24-16-11-12-19(15(2)14-16)27-21-10-6-7-13-23-21;1-2-6-5-3-4(1)5/h1,4-14H,2H3,(H,24,25,26);4-6H,1-3H2. The zero-order valence-corrected chi connectivity index (χ0v) is 18.5. The normalized spacial score (nSPS) is 17.9. The molecule has 33 heavy (non-hydrogen) atoms. The third kappa shape index (κ3) is 4.94. The van der Waals surface area contributed by atoms with Crippen LogP contribution < -0.4 is 15.4 Å². The number of rotatable bonds is 4. The number of hydrogen-bond donors (Lipinski definition) is 2. The number of pyridine rings is 1. The van der Waals surface area contributed by atoms with Crippen molar-refractivity contribution in [3.8, 4) is 24.0 Å². The molecular weight excluding hydrogens is 410 g/mol. The van der Waals surface area contributed by atoms with Crippen molar-refractivity contribution >= 4 is 22.4 Å². The van der Waals surface area contributed by atoms with Crippen molar-refractivity contribution in [3.63, 3.8) is 0 Å². The van der Waals surface area contributed by atoms with Gasteiger partial charge >= 0.3 is 0 Å². The van der Waals surface area contributed by atoms with Crippen molar-refractivity contribution < 1.29 is 4.74 Å². The lowest BCUT2D eigenvalue weighted by Crippen LogP contribution is -2.10. The monoisotopic (exact) mass is 435 g/mol. The van der Waals surface area contributed by atoms with Crippen LogP contribution in [0.25, 0.3) is 10.9 Å². The SMILES string of the molecule is C#Cc1nc(Nc2ccc(Oc3ccccn3)c(C)c2)c2ccccc2n1.C1CC2CC2N1. The van der Waals surface area contributed by atoms with E-state index in [1.54, 1.807) is 6.20 Å². The second-order valence-corrected chi connectivity index (χ2v) is 8.28. The van der Waals surface area contributed by atoms with Gasteiger partial charge in [0.2, 0.25) is 11.7 Å². The number of nitrogens with one attached hydrogen (secondary N) is 2.